The number of rotatable bonds is 5. The second kappa shape index (κ2) is 7.56. The fraction of sp³-hybridized carbons (Fsp3) is 0.0870. The first-order chi connectivity index (χ1) is 14.0. The van der Waals surface area contributed by atoms with Crippen LogP contribution < -0.4 is 10.0 Å². The van der Waals surface area contributed by atoms with Gasteiger partial charge in [0, 0.05) is 22.5 Å². The van der Waals surface area contributed by atoms with Crippen molar-refractivity contribution in [3.63, 3.8) is 0 Å². The fourth-order valence-corrected chi connectivity index (χ4v) is 4.03. The molecule has 3 aromatic rings. The van der Waals surface area contributed by atoms with Gasteiger partial charge in [-0.15, -0.1) is 0 Å². The van der Waals surface area contributed by atoms with Crippen molar-refractivity contribution in [2.24, 2.45) is 0 Å². The van der Waals surface area contributed by atoms with Crippen molar-refractivity contribution >= 4 is 38.5 Å². The van der Waals surface area contributed by atoms with Gasteiger partial charge in [-0.1, -0.05) is 60.7 Å². The average Bonchev–Trinajstić information content (AvgIpc) is 3.05. The van der Waals surface area contributed by atoms with E-state index in [0.29, 0.717) is 22.5 Å². The van der Waals surface area contributed by atoms with Gasteiger partial charge in [-0.05, 0) is 36.2 Å². The lowest BCUT2D eigenvalue weighted by Crippen LogP contribution is -2.14. The van der Waals surface area contributed by atoms with Gasteiger partial charge in [-0.3, -0.25) is 9.52 Å². The molecule has 1 aliphatic rings. The number of carbonyl (C=O) groups excluding carboxylic acids is 1. The van der Waals surface area contributed by atoms with Gasteiger partial charge < -0.3 is 5.32 Å². The molecule has 5 nitrogen and oxygen atoms in total. The minimum Gasteiger partial charge on any atom is -0.321 e. The van der Waals surface area contributed by atoms with E-state index in [4.69, 9.17) is 0 Å². The number of nitrogens with one attached hydrogen (secondary N) is 2. The van der Waals surface area contributed by atoms with Crippen molar-refractivity contribution in [2.45, 2.75) is 6.92 Å². The molecule has 29 heavy (non-hydrogen) atoms. The maximum absolute atomic E-state index is 13.0. The van der Waals surface area contributed by atoms with Crippen molar-refractivity contribution in [1.82, 2.24) is 0 Å². The van der Waals surface area contributed by atoms with Gasteiger partial charge in [-0.25, -0.2) is 8.42 Å². The second-order valence-corrected chi connectivity index (χ2v) is 8.71. The van der Waals surface area contributed by atoms with Gasteiger partial charge in [0.15, 0.2) is 0 Å². The van der Waals surface area contributed by atoms with Crippen molar-refractivity contribution in [3.8, 4) is 0 Å². The van der Waals surface area contributed by atoms with Crippen LogP contribution in [0.5, 0.6) is 0 Å². The molecule has 146 valence electrons. The molecule has 0 saturated carbocycles. The van der Waals surface area contributed by atoms with Gasteiger partial charge in [-0.2, -0.15) is 0 Å². The van der Waals surface area contributed by atoms with E-state index in [0.717, 1.165) is 16.7 Å². The molecule has 0 saturated heterocycles. The van der Waals surface area contributed by atoms with E-state index < -0.39 is 10.0 Å². The average molecular weight is 404 g/mol. The molecule has 0 bridgehead atoms. The van der Waals surface area contributed by atoms with Crippen LogP contribution in [0, 0.1) is 0 Å². The van der Waals surface area contributed by atoms with Crippen molar-refractivity contribution in [1.29, 1.82) is 0 Å². The van der Waals surface area contributed by atoms with E-state index in [1.165, 1.54) is 0 Å². The molecule has 0 radical (unpaired) electrons. The molecule has 1 amide bonds. The van der Waals surface area contributed by atoms with Gasteiger partial charge in [0.2, 0.25) is 10.0 Å². The number of anilines is 2. The van der Waals surface area contributed by atoms with Crippen LogP contribution in [0.15, 0.2) is 78.9 Å². The maximum Gasteiger partial charge on any atom is 0.257 e. The van der Waals surface area contributed by atoms with Crippen LogP contribution in [0.25, 0.3) is 11.1 Å². The monoisotopic (exact) mass is 404 g/mol. The Kier molecular flexibility index (Phi) is 4.94. The highest BCUT2D eigenvalue weighted by Gasteiger charge is 2.29. The van der Waals surface area contributed by atoms with Crippen molar-refractivity contribution < 1.29 is 13.2 Å². The van der Waals surface area contributed by atoms with Crippen LogP contribution in [0.4, 0.5) is 11.4 Å². The molecule has 0 unspecified atom stereocenters. The summed E-state index contributed by atoms with van der Waals surface area (Å²) >= 11 is 0. The summed E-state index contributed by atoms with van der Waals surface area (Å²) in [6, 6.07) is 24.5. The van der Waals surface area contributed by atoms with Crippen LogP contribution in [-0.2, 0) is 14.8 Å². The van der Waals surface area contributed by atoms with Crippen LogP contribution in [-0.4, -0.2) is 20.1 Å². The smallest absolute Gasteiger partial charge is 0.257 e. The Balaban J connectivity index is 1.95. The highest BCUT2D eigenvalue weighted by atomic mass is 32.2. The number of benzene rings is 3. The zero-order chi connectivity index (χ0) is 20.4. The topological polar surface area (TPSA) is 75.3 Å². The summed E-state index contributed by atoms with van der Waals surface area (Å²) in [5, 5.41) is 2.90. The molecule has 0 fully saturated rings. The van der Waals surface area contributed by atoms with Crippen molar-refractivity contribution in [2.75, 3.05) is 15.8 Å². The Morgan fingerprint density at radius 3 is 2.03 bits per heavy atom. The number of hydrogen-bond donors (Lipinski definition) is 2. The lowest BCUT2D eigenvalue weighted by molar-refractivity contribution is -0.110. The highest BCUT2D eigenvalue weighted by Crippen LogP contribution is 2.41. The summed E-state index contributed by atoms with van der Waals surface area (Å²) < 4.78 is 26.5. The Morgan fingerprint density at radius 2 is 1.48 bits per heavy atom. The molecular weight excluding hydrogens is 384 g/mol. The van der Waals surface area contributed by atoms with Gasteiger partial charge in [0.05, 0.1) is 11.3 Å². The van der Waals surface area contributed by atoms with Crippen LogP contribution >= 0.6 is 0 Å². The number of hydrogen-bond acceptors (Lipinski definition) is 3. The number of amides is 1. The molecule has 2 N–H and O–H groups in total. The molecule has 4 rings (SSSR count). The van der Waals surface area contributed by atoms with Crippen LogP contribution in [0.1, 0.15) is 23.6 Å². The van der Waals surface area contributed by atoms with E-state index in [1.54, 1.807) is 25.1 Å². The third-order valence-electron chi connectivity index (χ3n) is 4.79. The summed E-state index contributed by atoms with van der Waals surface area (Å²) in [6.45, 7) is 1.58. The summed E-state index contributed by atoms with van der Waals surface area (Å²) in [7, 11) is -3.42. The minimum absolute atomic E-state index is 0.0246. The Hall–Kier alpha value is -3.38. The van der Waals surface area contributed by atoms with Crippen LogP contribution in [0.2, 0.25) is 0 Å². The molecule has 1 heterocycles. The Morgan fingerprint density at radius 1 is 0.897 bits per heavy atom. The molecular formula is C23H20N2O3S. The van der Waals surface area contributed by atoms with Gasteiger partial charge in [0.25, 0.3) is 5.91 Å². The van der Waals surface area contributed by atoms with E-state index in [1.807, 2.05) is 60.7 Å². The van der Waals surface area contributed by atoms with Crippen LogP contribution in [0.3, 0.4) is 0 Å². The first-order valence-electron chi connectivity index (χ1n) is 9.30. The first kappa shape index (κ1) is 19.0. The quantitative estimate of drug-likeness (QED) is 0.621. The maximum atomic E-state index is 13.0. The molecule has 0 spiro atoms. The summed E-state index contributed by atoms with van der Waals surface area (Å²) in [5.41, 5.74) is 4.92. The Labute approximate surface area is 170 Å². The first-order valence-corrected chi connectivity index (χ1v) is 10.9. The zero-order valence-corrected chi connectivity index (χ0v) is 16.7. The molecule has 6 heteroatoms. The fourth-order valence-electron chi connectivity index (χ4n) is 3.40. The Bertz CT molecular complexity index is 1160. The van der Waals surface area contributed by atoms with Gasteiger partial charge >= 0.3 is 0 Å². The lowest BCUT2D eigenvalue weighted by Gasteiger charge is -2.13. The molecule has 0 atom stereocenters. The molecule has 0 aliphatic carbocycles. The minimum atomic E-state index is -3.42. The number of sulfonamides is 1. The van der Waals surface area contributed by atoms with E-state index >= 15 is 0 Å². The number of carbonyl (C=O) groups is 1. The van der Waals surface area contributed by atoms with Crippen molar-refractivity contribution in [3.05, 3.63) is 95.6 Å². The predicted molar refractivity (Wildman–Crippen MR) is 117 cm³/mol. The van der Waals surface area contributed by atoms with Gasteiger partial charge in [0.1, 0.15) is 0 Å². The normalized spacial score (nSPS) is 13.0. The molecule has 3 aromatic carbocycles. The second-order valence-electron chi connectivity index (χ2n) is 6.70. The number of fused-ring (bicyclic) bond motifs is 1. The highest BCUT2D eigenvalue weighted by molar-refractivity contribution is 7.92. The van der Waals surface area contributed by atoms with E-state index in [2.05, 4.69) is 10.0 Å². The molecule has 0 aromatic heterocycles. The SMILES string of the molecule is CCS(=O)(=O)Nc1ccc2c(c1)C(=C(c1ccccc1)c1ccccc1)C(=O)N2. The largest absolute Gasteiger partial charge is 0.321 e. The summed E-state index contributed by atoms with van der Waals surface area (Å²) in [5.74, 6) is -0.235. The third kappa shape index (κ3) is 3.79. The third-order valence-corrected chi connectivity index (χ3v) is 6.10. The van der Waals surface area contributed by atoms with E-state index in [9.17, 15) is 13.2 Å². The molecule has 1 aliphatic heterocycles. The summed E-state index contributed by atoms with van der Waals surface area (Å²) in [4.78, 5) is 13.0. The van der Waals surface area contributed by atoms with E-state index in [-0.39, 0.29) is 11.7 Å². The zero-order valence-electron chi connectivity index (χ0n) is 15.8. The predicted octanol–water partition coefficient (Wildman–Crippen LogP) is 4.36. The lowest BCUT2D eigenvalue weighted by atomic mass is 9.90. The standard InChI is InChI=1S/C23H20N2O3S/c1-2-29(27,28)25-18-13-14-20-19(15-18)22(23(26)24-20)21(16-9-5-3-6-10-16)17-11-7-4-8-12-17/h3-15,25H,2H2,1H3,(H,24,26). The summed E-state index contributed by atoms with van der Waals surface area (Å²) in [6.07, 6.45) is 0.